The van der Waals surface area contributed by atoms with Gasteiger partial charge in [-0.2, -0.15) is 0 Å². The summed E-state index contributed by atoms with van der Waals surface area (Å²) in [5, 5.41) is 3.68. The van der Waals surface area contributed by atoms with Crippen molar-refractivity contribution in [2.45, 2.75) is 70.5 Å². The van der Waals surface area contributed by atoms with Crippen molar-refractivity contribution in [2.75, 3.05) is 11.4 Å². The van der Waals surface area contributed by atoms with Crippen molar-refractivity contribution in [1.29, 1.82) is 0 Å². The quantitative estimate of drug-likeness (QED) is 0.898. The van der Waals surface area contributed by atoms with E-state index >= 15 is 0 Å². The van der Waals surface area contributed by atoms with Gasteiger partial charge in [-0.1, -0.05) is 26.0 Å². The third kappa shape index (κ3) is 2.71. The Balaban J connectivity index is 1.82. The summed E-state index contributed by atoms with van der Waals surface area (Å²) < 4.78 is 0. The number of rotatable bonds is 4. The van der Waals surface area contributed by atoms with E-state index in [-0.39, 0.29) is 0 Å². The number of benzene rings is 1. The van der Waals surface area contributed by atoms with Gasteiger partial charge in [-0.25, -0.2) is 0 Å². The molecule has 2 saturated heterocycles. The fourth-order valence-electron chi connectivity index (χ4n) is 4.20. The van der Waals surface area contributed by atoms with Crippen LogP contribution in [0.3, 0.4) is 0 Å². The maximum absolute atomic E-state index is 3.68. The van der Waals surface area contributed by atoms with E-state index in [1.165, 1.54) is 43.4 Å². The summed E-state index contributed by atoms with van der Waals surface area (Å²) in [6.07, 6.45) is 7.93. The van der Waals surface area contributed by atoms with Crippen molar-refractivity contribution in [3.8, 4) is 0 Å². The first-order valence-corrected chi connectivity index (χ1v) is 8.42. The standard InChI is InChI=1S/C18H28N2/c1-3-14-7-5-8-16(11-14)20-17-9-6-10-18(20)13-15(12-17)19-4-2/h5,7-8,11,15,17-19H,3-4,6,9-10,12-13H2,1-2H3. The average Bonchev–Trinajstić information content (AvgIpc) is 2.47. The van der Waals surface area contributed by atoms with Gasteiger partial charge in [0.1, 0.15) is 0 Å². The third-order valence-corrected chi connectivity index (χ3v) is 5.08. The number of anilines is 1. The Kier molecular flexibility index (Phi) is 4.30. The van der Waals surface area contributed by atoms with E-state index < -0.39 is 0 Å². The van der Waals surface area contributed by atoms with E-state index in [0.717, 1.165) is 31.1 Å². The van der Waals surface area contributed by atoms with Gasteiger partial charge in [-0.15, -0.1) is 0 Å². The molecule has 2 aliphatic rings. The molecular formula is C18H28N2. The van der Waals surface area contributed by atoms with Gasteiger partial charge in [-0.05, 0) is 62.8 Å². The van der Waals surface area contributed by atoms with Crippen molar-refractivity contribution >= 4 is 5.69 Å². The fourth-order valence-corrected chi connectivity index (χ4v) is 4.20. The Morgan fingerprint density at radius 3 is 2.55 bits per heavy atom. The Labute approximate surface area is 123 Å². The molecule has 2 unspecified atom stereocenters. The summed E-state index contributed by atoms with van der Waals surface area (Å²) in [5.41, 5.74) is 2.93. The molecule has 1 aromatic rings. The van der Waals surface area contributed by atoms with E-state index in [1.807, 2.05) is 0 Å². The minimum absolute atomic E-state index is 0.737. The lowest BCUT2D eigenvalue weighted by Gasteiger charge is -2.50. The first kappa shape index (κ1) is 13.9. The molecule has 0 radical (unpaired) electrons. The molecule has 0 aliphatic carbocycles. The molecule has 0 amide bonds. The first-order chi connectivity index (χ1) is 9.81. The second-order valence-electron chi connectivity index (χ2n) is 6.40. The van der Waals surface area contributed by atoms with Gasteiger partial charge in [0.05, 0.1) is 0 Å². The van der Waals surface area contributed by atoms with Gasteiger partial charge < -0.3 is 10.2 Å². The number of nitrogens with one attached hydrogen (secondary N) is 1. The number of piperidine rings is 2. The molecule has 1 aromatic carbocycles. The van der Waals surface area contributed by atoms with E-state index in [4.69, 9.17) is 0 Å². The molecule has 20 heavy (non-hydrogen) atoms. The zero-order valence-corrected chi connectivity index (χ0v) is 12.9. The van der Waals surface area contributed by atoms with Crippen LogP contribution in [0.25, 0.3) is 0 Å². The first-order valence-electron chi connectivity index (χ1n) is 8.42. The highest BCUT2D eigenvalue weighted by molar-refractivity contribution is 5.51. The molecule has 0 spiro atoms. The highest BCUT2D eigenvalue weighted by Gasteiger charge is 2.37. The van der Waals surface area contributed by atoms with Crippen molar-refractivity contribution in [3.63, 3.8) is 0 Å². The van der Waals surface area contributed by atoms with E-state index in [0.29, 0.717) is 0 Å². The van der Waals surface area contributed by atoms with Crippen LogP contribution in [0.4, 0.5) is 5.69 Å². The van der Waals surface area contributed by atoms with Crippen molar-refractivity contribution < 1.29 is 0 Å². The lowest BCUT2D eigenvalue weighted by Crippen LogP contribution is -2.56. The maximum atomic E-state index is 3.68. The van der Waals surface area contributed by atoms with Crippen LogP contribution in [0, 0.1) is 0 Å². The zero-order chi connectivity index (χ0) is 13.9. The number of aryl methyl sites for hydroxylation is 1. The van der Waals surface area contributed by atoms with Crippen LogP contribution in [-0.4, -0.2) is 24.7 Å². The molecule has 3 rings (SSSR count). The minimum Gasteiger partial charge on any atom is -0.365 e. The van der Waals surface area contributed by atoms with E-state index in [2.05, 4.69) is 48.3 Å². The second kappa shape index (κ2) is 6.17. The number of hydrogen-bond acceptors (Lipinski definition) is 2. The Morgan fingerprint density at radius 1 is 1.15 bits per heavy atom. The predicted molar refractivity (Wildman–Crippen MR) is 86.4 cm³/mol. The summed E-state index contributed by atoms with van der Waals surface area (Å²) in [6.45, 7) is 5.58. The lowest BCUT2D eigenvalue weighted by atomic mass is 9.81. The summed E-state index contributed by atoms with van der Waals surface area (Å²) >= 11 is 0. The van der Waals surface area contributed by atoms with Crippen LogP contribution in [0.1, 0.15) is 51.5 Å². The normalized spacial score (nSPS) is 29.5. The van der Waals surface area contributed by atoms with Crippen LogP contribution in [0.2, 0.25) is 0 Å². The van der Waals surface area contributed by atoms with Crippen LogP contribution in [0.15, 0.2) is 24.3 Å². The van der Waals surface area contributed by atoms with Gasteiger partial charge in [0.15, 0.2) is 0 Å². The van der Waals surface area contributed by atoms with Crippen LogP contribution >= 0.6 is 0 Å². The third-order valence-electron chi connectivity index (χ3n) is 5.08. The van der Waals surface area contributed by atoms with E-state index in [9.17, 15) is 0 Å². The smallest absolute Gasteiger partial charge is 0.0373 e. The summed E-state index contributed by atoms with van der Waals surface area (Å²) in [6, 6.07) is 11.5. The summed E-state index contributed by atoms with van der Waals surface area (Å²) in [4.78, 5) is 2.75. The zero-order valence-electron chi connectivity index (χ0n) is 12.9. The predicted octanol–water partition coefficient (Wildman–Crippen LogP) is 3.75. The van der Waals surface area contributed by atoms with E-state index in [1.54, 1.807) is 0 Å². The van der Waals surface area contributed by atoms with Crippen molar-refractivity contribution in [2.24, 2.45) is 0 Å². The Hall–Kier alpha value is -1.02. The Morgan fingerprint density at radius 2 is 1.90 bits per heavy atom. The molecule has 0 aromatic heterocycles. The van der Waals surface area contributed by atoms with Gasteiger partial charge in [0.25, 0.3) is 0 Å². The molecular weight excluding hydrogens is 244 g/mol. The molecule has 2 heteroatoms. The van der Waals surface area contributed by atoms with Gasteiger partial charge in [0.2, 0.25) is 0 Å². The molecule has 2 atom stereocenters. The van der Waals surface area contributed by atoms with Gasteiger partial charge >= 0.3 is 0 Å². The second-order valence-corrected chi connectivity index (χ2v) is 6.40. The molecule has 110 valence electrons. The number of hydrogen-bond donors (Lipinski definition) is 1. The van der Waals surface area contributed by atoms with Gasteiger partial charge in [0, 0.05) is 23.8 Å². The molecule has 0 saturated carbocycles. The summed E-state index contributed by atoms with van der Waals surface area (Å²) in [7, 11) is 0. The topological polar surface area (TPSA) is 15.3 Å². The van der Waals surface area contributed by atoms with Crippen LogP contribution < -0.4 is 10.2 Å². The number of fused-ring (bicyclic) bond motifs is 2. The maximum Gasteiger partial charge on any atom is 0.0373 e. The summed E-state index contributed by atoms with van der Waals surface area (Å²) in [5.74, 6) is 0. The average molecular weight is 272 g/mol. The Bertz CT molecular complexity index is 429. The van der Waals surface area contributed by atoms with Crippen molar-refractivity contribution in [3.05, 3.63) is 29.8 Å². The molecule has 2 heterocycles. The monoisotopic (exact) mass is 272 g/mol. The largest absolute Gasteiger partial charge is 0.365 e. The highest BCUT2D eigenvalue weighted by atomic mass is 15.2. The van der Waals surface area contributed by atoms with Crippen LogP contribution in [0.5, 0.6) is 0 Å². The van der Waals surface area contributed by atoms with Crippen molar-refractivity contribution in [1.82, 2.24) is 5.32 Å². The van der Waals surface area contributed by atoms with Crippen LogP contribution in [-0.2, 0) is 6.42 Å². The fraction of sp³-hybridized carbons (Fsp3) is 0.667. The number of nitrogens with zero attached hydrogens (tertiary/aromatic N) is 1. The lowest BCUT2D eigenvalue weighted by molar-refractivity contribution is 0.247. The SMILES string of the molecule is CCNC1CC2CCCC(C1)N2c1cccc(CC)c1. The molecule has 1 N–H and O–H groups in total. The minimum atomic E-state index is 0.737. The molecule has 2 aliphatic heterocycles. The highest BCUT2D eigenvalue weighted by Crippen LogP contribution is 2.38. The van der Waals surface area contributed by atoms with Gasteiger partial charge in [-0.3, -0.25) is 0 Å². The molecule has 2 nitrogen and oxygen atoms in total. The molecule has 2 bridgehead atoms. The molecule has 2 fully saturated rings.